The van der Waals surface area contributed by atoms with Crippen LogP contribution in [0.3, 0.4) is 0 Å². The summed E-state index contributed by atoms with van der Waals surface area (Å²) >= 11 is 5.43. The minimum absolute atomic E-state index is 0.703. The number of imidazole rings is 1. The van der Waals surface area contributed by atoms with E-state index in [4.69, 9.17) is 17.0 Å². The summed E-state index contributed by atoms with van der Waals surface area (Å²) in [6.07, 6.45) is 0. The van der Waals surface area contributed by atoms with E-state index in [0.29, 0.717) is 4.77 Å². The molecule has 0 aliphatic heterocycles. The normalized spacial score (nSPS) is 10.8. The van der Waals surface area contributed by atoms with Gasteiger partial charge in [0.2, 0.25) is 0 Å². The Kier molecular flexibility index (Phi) is 2.87. The van der Waals surface area contributed by atoms with Gasteiger partial charge in [-0.2, -0.15) is 0 Å². The van der Waals surface area contributed by atoms with Crippen molar-refractivity contribution in [2.24, 2.45) is 0 Å². The number of para-hydroxylation sites is 1. The van der Waals surface area contributed by atoms with Crippen molar-refractivity contribution < 1.29 is 4.74 Å². The SMILES string of the molecule is COc1ccc(-n2c(=S)[nH]c3c(C)cccc32)cc1. The molecular formula is C15H14N2OS. The van der Waals surface area contributed by atoms with Crippen LogP contribution in [0.15, 0.2) is 42.5 Å². The monoisotopic (exact) mass is 270 g/mol. The number of methoxy groups -OCH3 is 1. The summed E-state index contributed by atoms with van der Waals surface area (Å²) < 4.78 is 7.92. The van der Waals surface area contributed by atoms with Gasteiger partial charge < -0.3 is 9.72 Å². The number of aryl methyl sites for hydroxylation is 1. The Labute approximate surface area is 116 Å². The molecule has 96 valence electrons. The van der Waals surface area contributed by atoms with E-state index in [2.05, 4.69) is 24.0 Å². The van der Waals surface area contributed by atoms with Crippen molar-refractivity contribution in [3.05, 3.63) is 52.8 Å². The van der Waals surface area contributed by atoms with Crippen molar-refractivity contribution in [1.29, 1.82) is 0 Å². The number of nitrogens with one attached hydrogen (secondary N) is 1. The van der Waals surface area contributed by atoms with Crippen LogP contribution >= 0.6 is 12.2 Å². The third kappa shape index (κ3) is 1.94. The predicted molar refractivity (Wildman–Crippen MR) is 79.7 cm³/mol. The maximum Gasteiger partial charge on any atom is 0.182 e. The Balaban J connectivity index is 2.27. The highest BCUT2D eigenvalue weighted by Crippen LogP contribution is 2.23. The molecule has 3 nitrogen and oxygen atoms in total. The van der Waals surface area contributed by atoms with Crippen molar-refractivity contribution >= 4 is 23.3 Å². The zero-order chi connectivity index (χ0) is 13.4. The Morgan fingerprint density at radius 1 is 1.11 bits per heavy atom. The highest BCUT2D eigenvalue weighted by Gasteiger charge is 2.07. The van der Waals surface area contributed by atoms with E-state index in [1.807, 2.05) is 34.9 Å². The van der Waals surface area contributed by atoms with E-state index >= 15 is 0 Å². The molecule has 1 N–H and O–H groups in total. The van der Waals surface area contributed by atoms with E-state index in [-0.39, 0.29) is 0 Å². The third-order valence-electron chi connectivity index (χ3n) is 3.26. The molecular weight excluding hydrogens is 256 g/mol. The van der Waals surface area contributed by atoms with Gasteiger partial charge in [0, 0.05) is 5.69 Å². The van der Waals surface area contributed by atoms with Gasteiger partial charge in [0.1, 0.15) is 5.75 Å². The van der Waals surface area contributed by atoms with Crippen molar-refractivity contribution in [2.75, 3.05) is 7.11 Å². The number of fused-ring (bicyclic) bond motifs is 1. The van der Waals surface area contributed by atoms with Gasteiger partial charge in [-0.25, -0.2) is 0 Å². The van der Waals surface area contributed by atoms with Crippen LogP contribution in [0.4, 0.5) is 0 Å². The molecule has 0 unspecified atom stereocenters. The van der Waals surface area contributed by atoms with Gasteiger partial charge in [0.15, 0.2) is 4.77 Å². The zero-order valence-electron chi connectivity index (χ0n) is 10.8. The van der Waals surface area contributed by atoms with Crippen LogP contribution < -0.4 is 4.74 Å². The number of benzene rings is 2. The lowest BCUT2D eigenvalue weighted by molar-refractivity contribution is 0.415. The number of nitrogens with zero attached hydrogens (tertiary/aromatic N) is 1. The molecule has 1 aromatic heterocycles. The lowest BCUT2D eigenvalue weighted by Crippen LogP contribution is -1.94. The van der Waals surface area contributed by atoms with E-state index in [1.54, 1.807) is 7.11 Å². The molecule has 0 aliphatic rings. The summed E-state index contributed by atoms with van der Waals surface area (Å²) in [5.74, 6) is 0.839. The quantitative estimate of drug-likeness (QED) is 0.713. The third-order valence-corrected chi connectivity index (χ3v) is 3.54. The molecule has 1 heterocycles. The molecule has 0 saturated heterocycles. The minimum atomic E-state index is 0.703. The van der Waals surface area contributed by atoms with Crippen molar-refractivity contribution in [2.45, 2.75) is 6.92 Å². The smallest absolute Gasteiger partial charge is 0.182 e. The van der Waals surface area contributed by atoms with E-state index in [0.717, 1.165) is 22.5 Å². The van der Waals surface area contributed by atoms with Crippen LogP contribution in [-0.2, 0) is 0 Å². The van der Waals surface area contributed by atoms with Crippen LogP contribution in [0, 0.1) is 11.7 Å². The summed E-state index contributed by atoms with van der Waals surface area (Å²) in [6.45, 7) is 2.08. The molecule has 0 amide bonds. The molecule has 4 heteroatoms. The van der Waals surface area contributed by atoms with E-state index in [9.17, 15) is 0 Å². The number of H-pyrrole nitrogens is 1. The first-order chi connectivity index (χ1) is 9.20. The van der Waals surface area contributed by atoms with Crippen LogP contribution in [0.2, 0.25) is 0 Å². The second-order valence-corrected chi connectivity index (χ2v) is 4.82. The summed E-state index contributed by atoms with van der Waals surface area (Å²) in [6, 6.07) is 14.1. The average Bonchev–Trinajstić information content (AvgIpc) is 2.77. The summed E-state index contributed by atoms with van der Waals surface area (Å²) in [5, 5.41) is 0. The van der Waals surface area contributed by atoms with Crippen LogP contribution in [0.1, 0.15) is 5.56 Å². The Morgan fingerprint density at radius 3 is 2.53 bits per heavy atom. The van der Waals surface area contributed by atoms with Crippen LogP contribution in [0.5, 0.6) is 5.75 Å². The fraction of sp³-hybridized carbons (Fsp3) is 0.133. The molecule has 2 aromatic carbocycles. The number of aromatic amines is 1. The van der Waals surface area contributed by atoms with Gasteiger partial charge in [-0.1, -0.05) is 12.1 Å². The van der Waals surface area contributed by atoms with Gasteiger partial charge in [0.05, 0.1) is 18.1 Å². The lowest BCUT2D eigenvalue weighted by atomic mass is 10.2. The molecule has 3 rings (SSSR count). The molecule has 0 fully saturated rings. The van der Waals surface area contributed by atoms with Crippen LogP contribution in [0.25, 0.3) is 16.7 Å². The molecule has 0 saturated carbocycles. The van der Waals surface area contributed by atoms with Gasteiger partial charge in [-0.3, -0.25) is 4.57 Å². The number of hydrogen-bond donors (Lipinski definition) is 1. The molecule has 19 heavy (non-hydrogen) atoms. The van der Waals surface area contributed by atoms with Crippen molar-refractivity contribution in [3.63, 3.8) is 0 Å². The van der Waals surface area contributed by atoms with Crippen LogP contribution in [-0.4, -0.2) is 16.7 Å². The number of hydrogen-bond acceptors (Lipinski definition) is 2. The standard InChI is InChI=1S/C15H14N2OS/c1-10-4-3-5-13-14(10)16-15(19)17(13)11-6-8-12(18-2)9-7-11/h3-9H,1-2H3,(H,16,19). The second-order valence-electron chi connectivity index (χ2n) is 4.43. The maximum absolute atomic E-state index is 5.43. The lowest BCUT2D eigenvalue weighted by Gasteiger charge is -2.06. The van der Waals surface area contributed by atoms with E-state index in [1.165, 1.54) is 5.56 Å². The summed E-state index contributed by atoms with van der Waals surface area (Å²) in [7, 11) is 1.66. The largest absolute Gasteiger partial charge is 0.497 e. The first-order valence-corrected chi connectivity index (χ1v) is 6.46. The highest BCUT2D eigenvalue weighted by molar-refractivity contribution is 7.71. The minimum Gasteiger partial charge on any atom is -0.497 e. The Hall–Kier alpha value is -2.07. The predicted octanol–water partition coefficient (Wildman–Crippen LogP) is 4.01. The van der Waals surface area contributed by atoms with Gasteiger partial charge in [0.25, 0.3) is 0 Å². The first-order valence-electron chi connectivity index (χ1n) is 6.05. The summed E-state index contributed by atoms with van der Waals surface area (Å²) in [4.78, 5) is 3.27. The second kappa shape index (κ2) is 4.55. The Morgan fingerprint density at radius 2 is 1.84 bits per heavy atom. The highest BCUT2D eigenvalue weighted by atomic mass is 32.1. The van der Waals surface area contributed by atoms with Gasteiger partial charge in [-0.05, 0) is 55.0 Å². The Bertz CT molecular complexity index is 784. The van der Waals surface area contributed by atoms with Crippen molar-refractivity contribution in [3.8, 4) is 11.4 Å². The molecule has 0 radical (unpaired) electrons. The molecule has 0 bridgehead atoms. The fourth-order valence-electron chi connectivity index (χ4n) is 2.26. The van der Waals surface area contributed by atoms with Gasteiger partial charge in [-0.15, -0.1) is 0 Å². The average molecular weight is 270 g/mol. The molecule has 3 aromatic rings. The molecule has 0 atom stereocenters. The zero-order valence-corrected chi connectivity index (χ0v) is 11.6. The molecule has 0 spiro atoms. The fourth-order valence-corrected chi connectivity index (χ4v) is 2.57. The van der Waals surface area contributed by atoms with Gasteiger partial charge >= 0.3 is 0 Å². The topological polar surface area (TPSA) is 29.9 Å². The number of aromatic nitrogens is 2. The molecule has 0 aliphatic carbocycles. The number of rotatable bonds is 2. The van der Waals surface area contributed by atoms with Crippen molar-refractivity contribution in [1.82, 2.24) is 9.55 Å². The summed E-state index contributed by atoms with van der Waals surface area (Å²) in [5.41, 5.74) is 4.40. The maximum atomic E-state index is 5.43. The first kappa shape index (κ1) is 12.0. The number of ether oxygens (including phenoxy) is 1. The van der Waals surface area contributed by atoms with E-state index < -0.39 is 0 Å².